The molecule has 1 amide bonds. The van der Waals surface area contributed by atoms with Gasteiger partial charge in [-0.1, -0.05) is 17.2 Å². The Hall–Kier alpha value is -2.18. The van der Waals surface area contributed by atoms with Gasteiger partial charge in [0.2, 0.25) is 11.8 Å². The second-order valence-electron chi connectivity index (χ2n) is 5.62. The van der Waals surface area contributed by atoms with Gasteiger partial charge in [-0.3, -0.25) is 4.79 Å². The van der Waals surface area contributed by atoms with Gasteiger partial charge in [0, 0.05) is 18.5 Å². The van der Waals surface area contributed by atoms with E-state index in [0.29, 0.717) is 30.3 Å². The van der Waals surface area contributed by atoms with Gasteiger partial charge in [-0.05, 0) is 26.7 Å². The number of likely N-dealkylation sites (tertiary alicyclic amines) is 1. The first-order valence-corrected chi connectivity index (χ1v) is 7.63. The molecule has 7 heteroatoms. The number of carbonyl (C=O) groups excluding carboxylic acids is 1. The molecule has 1 atom stereocenters. The molecule has 1 aliphatic rings. The van der Waals surface area contributed by atoms with Crippen LogP contribution in [0.4, 0.5) is 0 Å². The van der Waals surface area contributed by atoms with Gasteiger partial charge in [0.05, 0.1) is 18.2 Å². The molecule has 0 bridgehead atoms. The van der Waals surface area contributed by atoms with Crippen molar-refractivity contribution in [1.29, 1.82) is 0 Å². The quantitative estimate of drug-likeness (QED) is 0.860. The summed E-state index contributed by atoms with van der Waals surface area (Å²) in [6, 6.07) is -0.0861. The van der Waals surface area contributed by atoms with Gasteiger partial charge in [-0.15, -0.1) is 0 Å². The third-order valence-corrected chi connectivity index (χ3v) is 4.17. The van der Waals surface area contributed by atoms with Crippen molar-refractivity contribution in [3.63, 3.8) is 0 Å². The highest BCUT2D eigenvalue weighted by Gasteiger charge is 2.33. The van der Waals surface area contributed by atoms with Gasteiger partial charge in [-0.25, -0.2) is 0 Å². The first kappa shape index (κ1) is 14.7. The van der Waals surface area contributed by atoms with Crippen LogP contribution in [0.3, 0.4) is 0 Å². The lowest BCUT2D eigenvalue weighted by molar-refractivity contribution is -0.131. The molecule has 0 saturated carbocycles. The molecular formula is C15H20N4O3. The van der Waals surface area contributed by atoms with Gasteiger partial charge in [0.15, 0.2) is 5.82 Å². The minimum absolute atomic E-state index is 0.0553. The van der Waals surface area contributed by atoms with Crippen LogP contribution in [-0.2, 0) is 17.6 Å². The normalized spacial score (nSPS) is 18.1. The second-order valence-corrected chi connectivity index (χ2v) is 5.62. The van der Waals surface area contributed by atoms with Crippen LogP contribution in [0.2, 0.25) is 0 Å². The standard InChI is InChI=1S/C15H20N4O3/c1-4-13-16-15(18-22-13)12-6-5-7-19(12)14(20)8-11-9(2)17-21-10(11)3/h12H,4-8H2,1-3H3. The molecular weight excluding hydrogens is 284 g/mol. The minimum atomic E-state index is -0.0861. The number of carbonyl (C=O) groups is 1. The van der Waals surface area contributed by atoms with E-state index in [4.69, 9.17) is 9.05 Å². The van der Waals surface area contributed by atoms with Crippen LogP contribution in [0.1, 0.15) is 54.5 Å². The van der Waals surface area contributed by atoms with Crippen molar-refractivity contribution in [2.45, 2.75) is 52.5 Å². The summed E-state index contributed by atoms with van der Waals surface area (Å²) in [4.78, 5) is 18.9. The van der Waals surface area contributed by atoms with Gasteiger partial charge >= 0.3 is 0 Å². The number of hydrogen-bond donors (Lipinski definition) is 0. The van der Waals surface area contributed by atoms with Crippen molar-refractivity contribution >= 4 is 5.91 Å². The van der Waals surface area contributed by atoms with Gasteiger partial charge in [0.25, 0.3) is 0 Å². The van der Waals surface area contributed by atoms with Gasteiger partial charge < -0.3 is 13.9 Å². The van der Waals surface area contributed by atoms with E-state index < -0.39 is 0 Å². The summed E-state index contributed by atoms with van der Waals surface area (Å²) < 4.78 is 10.3. The molecule has 0 N–H and O–H groups in total. The zero-order chi connectivity index (χ0) is 15.7. The van der Waals surface area contributed by atoms with E-state index in [2.05, 4.69) is 15.3 Å². The fourth-order valence-corrected chi connectivity index (χ4v) is 2.89. The Morgan fingerprint density at radius 3 is 2.77 bits per heavy atom. The Morgan fingerprint density at radius 2 is 2.14 bits per heavy atom. The second kappa shape index (κ2) is 5.90. The number of amides is 1. The molecule has 7 nitrogen and oxygen atoms in total. The third-order valence-electron chi connectivity index (χ3n) is 4.17. The third kappa shape index (κ3) is 2.63. The highest BCUT2D eigenvalue weighted by Crippen LogP contribution is 2.31. The van der Waals surface area contributed by atoms with Crippen molar-refractivity contribution in [2.75, 3.05) is 6.54 Å². The molecule has 2 aromatic heterocycles. The SMILES string of the molecule is CCc1nc(C2CCCN2C(=O)Cc2c(C)noc2C)no1. The predicted octanol–water partition coefficient (Wildman–Crippen LogP) is 2.14. The van der Waals surface area contributed by atoms with Crippen LogP contribution >= 0.6 is 0 Å². The van der Waals surface area contributed by atoms with E-state index in [9.17, 15) is 4.79 Å². The lowest BCUT2D eigenvalue weighted by atomic mass is 10.1. The zero-order valence-corrected chi connectivity index (χ0v) is 13.1. The summed E-state index contributed by atoms with van der Waals surface area (Å²) in [6.45, 7) is 6.37. The summed E-state index contributed by atoms with van der Waals surface area (Å²) in [7, 11) is 0. The number of hydrogen-bond acceptors (Lipinski definition) is 6. The highest BCUT2D eigenvalue weighted by molar-refractivity contribution is 5.79. The van der Waals surface area contributed by atoms with E-state index in [1.165, 1.54) is 0 Å². The Kier molecular flexibility index (Phi) is 3.96. The summed E-state index contributed by atoms with van der Waals surface area (Å²) in [5.41, 5.74) is 1.65. The number of nitrogens with zero attached hydrogens (tertiary/aromatic N) is 4. The molecule has 1 saturated heterocycles. The van der Waals surface area contributed by atoms with Crippen molar-refractivity contribution in [1.82, 2.24) is 20.2 Å². The smallest absolute Gasteiger partial charge is 0.227 e. The first-order valence-electron chi connectivity index (χ1n) is 7.63. The molecule has 2 aromatic rings. The van der Waals surface area contributed by atoms with Gasteiger partial charge in [-0.2, -0.15) is 4.98 Å². The van der Waals surface area contributed by atoms with Crippen LogP contribution in [-0.4, -0.2) is 32.6 Å². The highest BCUT2D eigenvalue weighted by atomic mass is 16.5. The number of aromatic nitrogens is 3. The Labute approximate surface area is 128 Å². The lowest BCUT2D eigenvalue weighted by Crippen LogP contribution is -2.32. The largest absolute Gasteiger partial charge is 0.361 e. The Morgan fingerprint density at radius 1 is 1.32 bits per heavy atom. The maximum Gasteiger partial charge on any atom is 0.227 e. The molecule has 0 spiro atoms. The average Bonchev–Trinajstić information content (AvgIpc) is 3.21. The molecule has 1 fully saturated rings. The monoisotopic (exact) mass is 304 g/mol. The maximum absolute atomic E-state index is 12.6. The molecule has 0 radical (unpaired) electrons. The van der Waals surface area contributed by atoms with Crippen molar-refractivity contribution in [3.8, 4) is 0 Å². The minimum Gasteiger partial charge on any atom is -0.361 e. The van der Waals surface area contributed by atoms with E-state index >= 15 is 0 Å². The van der Waals surface area contributed by atoms with Gasteiger partial charge in [0.1, 0.15) is 5.76 Å². The molecule has 0 aromatic carbocycles. The average molecular weight is 304 g/mol. The molecule has 1 unspecified atom stereocenters. The van der Waals surface area contributed by atoms with Crippen molar-refractivity contribution < 1.29 is 13.8 Å². The van der Waals surface area contributed by atoms with Crippen LogP contribution in [0, 0.1) is 13.8 Å². The first-order chi connectivity index (χ1) is 10.6. The van der Waals surface area contributed by atoms with E-state index in [-0.39, 0.29) is 11.9 Å². The van der Waals surface area contributed by atoms with E-state index in [0.717, 1.165) is 30.6 Å². The fraction of sp³-hybridized carbons (Fsp3) is 0.600. The fourth-order valence-electron chi connectivity index (χ4n) is 2.89. The van der Waals surface area contributed by atoms with Crippen molar-refractivity contribution in [2.24, 2.45) is 0 Å². The summed E-state index contributed by atoms with van der Waals surface area (Å²) in [5, 5.41) is 7.92. The molecule has 1 aliphatic heterocycles. The topological polar surface area (TPSA) is 85.3 Å². The summed E-state index contributed by atoms with van der Waals surface area (Å²) >= 11 is 0. The molecule has 3 rings (SSSR count). The molecule has 0 aliphatic carbocycles. The van der Waals surface area contributed by atoms with Crippen LogP contribution in [0.15, 0.2) is 9.05 Å². The number of rotatable bonds is 4. The van der Waals surface area contributed by atoms with Crippen molar-refractivity contribution in [3.05, 3.63) is 28.7 Å². The lowest BCUT2D eigenvalue weighted by Gasteiger charge is -2.22. The van der Waals surface area contributed by atoms with E-state index in [1.54, 1.807) is 0 Å². The predicted molar refractivity (Wildman–Crippen MR) is 77.0 cm³/mol. The molecule has 118 valence electrons. The van der Waals surface area contributed by atoms with E-state index in [1.807, 2.05) is 25.7 Å². The van der Waals surface area contributed by atoms with Crippen LogP contribution in [0.25, 0.3) is 0 Å². The zero-order valence-electron chi connectivity index (χ0n) is 13.1. The number of aryl methyl sites for hydroxylation is 3. The molecule has 22 heavy (non-hydrogen) atoms. The molecule has 3 heterocycles. The Bertz CT molecular complexity index is 657. The summed E-state index contributed by atoms with van der Waals surface area (Å²) in [6.07, 6.45) is 2.83. The van der Waals surface area contributed by atoms with Crippen LogP contribution in [0.5, 0.6) is 0 Å². The Balaban J connectivity index is 1.76. The van der Waals surface area contributed by atoms with Crippen LogP contribution < -0.4 is 0 Å². The maximum atomic E-state index is 12.6. The summed E-state index contributed by atoms with van der Waals surface area (Å²) in [5.74, 6) is 1.98.